The van der Waals surface area contributed by atoms with Gasteiger partial charge in [-0.2, -0.15) is 0 Å². The van der Waals surface area contributed by atoms with Crippen LogP contribution in [0, 0.1) is 6.92 Å². The molecule has 0 unspecified atom stereocenters. The Kier molecular flexibility index (Phi) is 4.31. The van der Waals surface area contributed by atoms with Crippen molar-refractivity contribution in [3.05, 3.63) is 23.7 Å². The number of hydrogen-bond acceptors (Lipinski definition) is 4. The molecule has 0 spiro atoms. The van der Waals surface area contributed by atoms with E-state index in [0.717, 1.165) is 50.4 Å². The zero-order chi connectivity index (χ0) is 14.8. The summed E-state index contributed by atoms with van der Waals surface area (Å²) < 4.78 is 11.1. The van der Waals surface area contributed by atoms with Gasteiger partial charge >= 0.3 is 0 Å². The van der Waals surface area contributed by atoms with Crippen molar-refractivity contribution >= 4 is 5.91 Å². The number of aryl methyl sites for hydroxylation is 1. The van der Waals surface area contributed by atoms with Gasteiger partial charge in [-0.3, -0.25) is 9.69 Å². The van der Waals surface area contributed by atoms with Gasteiger partial charge in [-0.25, -0.2) is 0 Å². The Balaban J connectivity index is 1.70. The third kappa shape index (κ3) is 3.14. The fraction of sp³-hybridized carbons (Fsp3) is 0.688. The van der Waals surface area contributed by atoms with Crippen molar-refractivity contribution in [2.75, 3.05) is 26.7 Å². The average Bonchev–Trinajstić information content (AvgIpc) is 3.19. The smallest absolute Gasteiger partial charge is 0.240 e. The summed E-state index contributed by atoms with van der Waals surface area (Å²) in [7, 11) is 1.72. The quantitative estimate of drug-likeness (QED) is 0.849. The van der Waals surface area contributed by atoms with Gasteiger partial charge in [0.25, 0.3) is 0 Å². The molecule has 0 aromatic carbocycles. The molecule has 116 valence electrons. The lowest BCUT2D eigenvalue weighted by Gasteiger charge is -2.26. The molecule has 0 bridgehead atoms. The van der Waals surface area contributed by atoms with Crippen molar-refractivity contribution < 1.29 is 13.9 Å². The summed E-state index contributed by atoms with van der Waals surface area (Å²) in [4.78, 5) is 16.9. The van der Waals surface area contributed by atoms with Crippen LogP contribution in [0.1, 0.15) is 30.8 Å². The van der Waals surface area contributed by atoms with E-state index < -0.39 is 0 Å². The molecule has 3 rings (SSSR count). The molecule has 3 heterocycles. The second-order valence-corrected chi connectivity index (χ2v) is 6.08. The van der Waals surface area contributed by atoms with Crippen molar-refractivity contribution in [3.8, 4) is 0 Å². The molecule has 2 aliphatic heterocycles. The number of methoxy groups -OCH3 is 1. The number of likely N-dealkylation sites (tertiary alicyclic amines) is 2. The molecule has 0 radical (unpaired) electrons. The lowest BCUT2D eigenvalue weighted by Crippen LogP contribution is -2.44. The van der Waals surface area contributed by atoms with Crippen LogP contribution in [-0.2, 0) is 16.1 Å². The lowest BCUT2D eigenvalue weighted by molar-refractivity contribution is -0.135. The number of furan rings is 1. The van der Waals surface area contributed by atoms with Crippen LogP contribution in [0.5, 0.6) is 0 Å². The molecule has 0 aliphatic carbocycles. The number of amides is 1. The first kappa shape index (κ1) is 14.6. The first-order valence-electron chi connectivity index (χ1n) is 7.78. The first-order valence-corrected chi connectivity index (χ1v) is 7.78. The molecule has 2 atom stereocenters. The highest BCUT2D eigenvalue weighted by Crippen LogP contribution is 2.25. The topological polar surface area (TPSA) is 45.9 Å². The number of ether oxygens (including phenoxy) is 1. The summed E-state index contributed by atoms with van der Waals surface area (Å²) in [5, 5.41) is 0. The molecule has 5 nitrogen and oxygen atoms in total. The Morgan fingerprint density at radius 2 is 2.14 bits per heavy atom. The van der Waals surface area contributed by atoms with Crippen LogP contribution in [0.4, 0.5) is 0 Å². The normalized spacial score (nSPS) is 26.7. The molecular weight excluding hydrogens is 268 g/mol. The zero-order valence-electron chi connectivity index (χ0n) is 12.9. The standard InChI is InChI=1S/C16H24N2O3/c1-12-5-6-13(21-12)10-18-11-14(20-2)9-15(18)16(19)17-7-3-4-8-17/h5-6,14-15H,3-4,7-11H2,1-2H3/t14-,15-/m0/s1. The second-order valence-electron chi connectivity index (χ2n) is 6.08. The van der Waals surface area contributed by atoms with Gasteiger partial charge in [0, 0.05) is 26.7 Å². The molecule has 0 saturated carbocycles. The van der Waals surface area contributed by atoms with Gasteiger partial charge in [-0.1, -0.05) is 0 Å². The number of carbonyl (C=O) groups is 1. The van der Waals surface area contributed by atoms with E-state index in [0.29, 0.717) is 6.54 Å². The van der Waals surface area contributed by atoms with E-state index in [1.54, 1.807) is 7.11 Å². The third-order valence-electron chi connectivity index (χ3n) is 4.56. The van der Waals surface area contributed by atoms with E-state index in [1.165, 1.54) is 0 Å². The van der Waals surface area contributed by atoms with Gasteiger partial charge in [0.2, 0.25) is 5.91 Å². The van der Waals surface area contributed by atoms with E-state index in [2.05, 4.69) is 4.90 Å². The van der Waals surface area contributed by atoms with Crippen molar-refractivity contribution in [1.82, 2.24) is 9.80 Å². The van der Waals surface area contributed by atoms with Crippen LogP contribution in [0.15, 0.2) is 16.5 Å². The Morgan fingerprint density at radius 1 is 1.38 bits per heavy atom. The Labute approximate surface area is 125 Å². The SMILES string of the molecule is CO[C@H]1C[C@@H](C(=O)N2CCCC2)N(Cc2ccc(C)o2)C1. The molecule has 21 heavy (non-hydrogen) atoms. The molecule has 2 fully saturated rings. The van der Waals surface area contributed by atoms with Crippen molar-refractivity contribution in [3.63, 3.8) is 0 Å². The highest BCUT2D eigenvalue weighted by molar-refractivity contribution is 5.82. The van der Waals surface area contributed by atoms with Gasteiger partial charge in [0.15, 0.2) is 0 Å². The van der Waals surface area contributed by atoms with Crippen molar-refractivity contribution in [1.29, 1.82) is 0 Å². The largest absolute Gasteiger partial charge is 0.465 e. The molecule has 1 aromatic rings. The van der Waals surface area contributed by atoms with Crippen LogP contribution >= 0.6 is 0 Å². The summed E-state index contributed by atoms with van der Waals surface area (Å²) in [6.07, 6.45) is 3.18. The maximum absolute atomic E-state index is 12.7. The summed E-state index contributed by atoms with van der Waals surface area (Å²) in [6, 6.07) is 3.89. The van der Waals surface area contributed by atoms with Crippen LogP contribution in [0.3, 0.4) is 0 Å². The van der Waals surface area contributed by atoms with E-state index in [4.69, 9.17) is 9.15 Å². The number of nitrogens with zero attached hydrogens (tertiary/aromatic N) is 2. The zero-order valence-corrected chi connectivity index (χ0v) is 12.9. The minimum atomic E-state index is -0.0709. The molecular formula is C16H24N2O3. The summed E-state index contributed by atoms with van der Waals surface area (Å²) in [5.41, 5.74) is 0. The van der Waals surface area contributed by atoms with E-state index in [9.17, 15) is 4.79 Å². The molecule has 2 saturated heterocycles. The highest BCUT2D eigenvalue weighted by Gasteiger charge is 2.39. The third-order valence-corrected chi connectivity index (χ3v) is 4.56. The van der Waals surface area contributed by atoms with Gasteiger partial charge in [0.1, 0.15) is 11.5 Å². The number of carbonyl (C=O) groups excluding carboxylic acids is 1. The van der Waals surface area contributed by atoms with Gasteiger partial charge in [0.05, 0.1) is 18.7 Å². The Hall–Kier alpha value is -1.33. The maximum atomic E-state index is 12.7. The van der Waals surface area contributed by atoms with E-state index in [-0.39, 0.29) is 18.1 Å². The predicted molar refractivity (Wildman–Crippen MR) is 78.9 cm³/mol. The molecule has 0 N–H and O–H groups in total. The number of rotatable bonds is 4. The fourth-order valence-electron chi connectivity index (χ4n) is 3.38. The van der Waals surface area contributed by atoms with Crippen LogP contribution in [0.2, 0.25) is 0 Å². The van der Waals surface area contributed by atoms with Gasteiger partial charge < -0.3 is 14.1 Å². The minimum Gasteiger partial charge on any atom is -0.465 e. The summed E-state index contributed by atoms with van der Waals surface area (Å²) in [5.74, 6) is 2.09. The fourth-order valence-corrected chi connectivity index (χ4v) is 3.38. The Morgan fingerprint density at radius 3 is 2.76 bits per heavy atom. The lowest BCUT2D eigenvalue weighted by atomic mass is 10.1. The minimum absolute atomic E-state index is 0.0709. The molecule has 5 heteroatoms. The average molecular weight is 292 g/mol. The van der Waals surface area contributed by atoms with Crippen LogP contribution in [-0.4, -0.2) is 54.6 Å². The summed E-state index contributed by atoms with van der Waals surface area (Å²) in [6.45, 7) is 5.22. The monoisotopic (exact) mass is 292 g/mol. The molecule has 1 aromatic heterocycles. The van der Waals surface area contributed by atoms with E-state index in [1.807, 2.05) is 24.0 Å². The van der Waals surface area contributed by atoms with E-state index >= 15 is 0 Å². The van der Waals surface area contributed by atoms with Crippen LogP contribution in [0.25, 0.3) is 0 Å². The van der Waals surface area contributed by atoms with Crippen molar-refractivity contribution in [2.24, 2.45) is 0 Å². The van der Waals surface area contributed by atoms with Crippen molar-refractivity contribution in [2.45, 2.75) is 44.9 Å². The predicted octanol–water partition coefficient (Wildman–Crippen LogP) is 1.80. The Bertz CT molecular complexity index is 493. The van der Waals surface area contributed by atoms with Gasteiger partial charge in [-0.05, 0) is 38.3 Å². The van der Waals surface area contributed by atoms with Crippen LogP contribution < -0.4 is 0 Å². The molecule has 2 aliphatic rings. The maximum Gasteiger partial charge on any atom is 0.240 e. The van der Waals surface area contributed by atoms with Gasteiger partial charge in [-0.15, -0.1) is 0 Å². The highest BCUT2D eigenvalue weighted by atomic mass is 16.5. The summed E-state index contributed by atoms with van der Waals surface area (Å²) >= 11 is 0. The second kappa shape index (κ2) is 6.20. The first-order chi connectivity index (χ1) is 10.2. The molecule has 1 amide bonds. The number of hydrogen-bond donors (Lipinski definition) is 0.